The summed E-state index contributed by atoms with van der Waals surface area (Å²) in [7, 11) is 0. The molecule has 2 fully saturated rings. The highest BCUT2D eigenvalue weighted by molar-refractivity contribution is 5.97. The normalized spacial score (nSPS) is 19.0. The summed E-state index contributed by atoms with van der Waals surface area (Å²) in [5.41, 5.74) is 0.306. The summed E-state index contributed by atoms with van der Waals surface area (Å²) in [6.07, 6.45) is 2.68. The molecule has 0 unspecified atom stereocenters. The molecule has 25 heavy (non-hydrogen) atoms. The topological polar surface area (TPSA) is 105 Å². The van der Waals surface area contributed by atoms with Gasteiger partial charge in [-0.15, -0.1) is 0 Å². The molecule has 0 radical (unpaired) electrons. The number of hydrogen-bond donors (Lipinski definition) is 3. The third kappa shape index (κ3) is 4.57. The van der Waals surface area contributed by atoms with Crippen LogP contribution in [0.2, 0.25) is 0 Å². The minimum absolute atomic E-state index is 0.0137. The quantitative estimate of drug-likeness (QED) is 0.728. The molecule has 0 atom stereocenters. The Morgan fingerprint density at radius 3 is 2.32 bits per heavy atom. The summed E-state index contributed by atoms with van der Waals surface area (Å²) in [6, 6.07) is 6.63. The second-order valence-corrected chi connectivity index (χ2v) is 6.76. The SMILES string of the molecule is O=C(O)CC1(NC(=O)c2ccc(NC(=O)C3CC3)cc2)CCOCC1. The smallest absolute Gasteiger partial charge is 0.305 e. The lowest BCUT2D eigenvalue weighted by molar-refractivity contribution is -0.139. The second-order valence-electron chi connectivity index (χ2n) is 6.76. The molecule has 1 aromatic carbocycles. The molecule has 7 nitrogen and oxygen atoms in total. The predicted molar refractivity (Wildman–Crippen MR) is 90.3 cm³/mol. The first-order valence-electron chi connectivity index (χ1n) is 8.50. The Bertz CT molecular complexity index is 661. The molecule has 1 heterocycles. The van der Waals surface area contributed by atoms with Gasteiger partial charge >= 0.3 is 5.97 Å². The number of rotatable bonds is 6. The van der Waals surface area contributed by atoms with Gasteiger partial charge in [-0.05, 0) is 49.9 Å². The predicted octanol–water partition coefficient (Wildman–Crippen LogP) is 1.79. The molecule has 3 N–H and O–H groups in total. The number of nitrogens with one attached hydrogen (secondary N) is 2. The van der Waals surface area contributed by atoms with Gasteiger partial charge in [-0.3, -0.25) is 14.4 Å². The maximum Gasteiger partial charge on any atom is 0.305 e. The van der Waals surface area contributed by atoms with Gasteiger partial charge in [0.2, 0.25) is 5.91 Å². The fourth-order valence-corrected chi connectivity index (χ4v) is 3.01. The van der Waals surface area contributed by atoms with Gasteiger partial charge in [0.05, 0.1) is 12.0 Å². The molecule has 1 aliphatic carbocycles. The molecule has 0 spiro atoms. The number of carboxylic acid groups (broad SMARTS) is 1. The van der Waals surface area contributed by atoms with Crippen molar-refractivity contribution < 1.29 is 24.2 Å². The number of hydrogen-bond acceptors (Lipinski definition) is 4. The zero-order chi connectivity index (χ0) is 17.9. The van der Waals surface area contributed by atoms with Gasteiger partial charge < -0.3 is 20.5 Å². The van der Waals surface area contributed by atoms with Crippen LogP contribution in [0.15, 0.2) is 24.3 Å². The number of aliphatic carboxylic acids is 1. The van der Waals surface area contributed by atoms with E-state index in [-0.39, 0.29) is 24.2 Å². The van der Waals surface area contributed by atoms with E-state index in [4.69, 9.17) is 9.84 Å². The first kappa shape index (κ1) is 17.4. The first-order valence-corrected chi connectivity index (χ1v) is 8.50. The number of amides is 2. The lowest BCUT2D eigenvalue weighted by Gasteiger charge is -2.36. The summed E-state index contributed by atoms with van der Waals surface area (Å²) in [5, 5.41) is 14.9. The zero-order valence-electron chi connectivity index (χ0n) is 13.9. The highest BCUT2D eigenvalue weighted by atomic mass is 16.5. The maximum absolute atomic E-state index is 12.5. The van der Waals surface area contributed by atoms with Crippen LogP contribution >= 0.6 is 0 Å². The maximum atomic E-state index is 12.5. The summed E-state index contributed by atoms with van der Waals surface area (Å²) in [6.45, 7) is 0.861. The van der Waals surface area contributed by atoms with Crippen LogP contribution in [0.1, 0.15) is 42.5 Å². The zero-order valence-corrected chi connectivity index (χ0v) is 13.9. The van der Waals surface area contributed by atoms with Crippen molar-refractivity contribution in [1.82, 2.24) is 5.32 Å². The molecular weight excluding hydrogens is 324 g/mol. The van der Waals surface area contributed by atoms with Crippen molar-refractivity contribution in [3.63, 3.8) is 0 Å². The molecular formula is C18H22N2O5. The molecule has 1 aromatic rings. The highest BCUT2D eigenvalue weighted by Crippen LogP contribution is 2.30. The molecule has 1 saturated carbocycles. The van der Waals surface area contributed by atoms with Crippen molar-refractivity contribution in [3.05, 3.63) is 29.8 Å². The minimum Gasteiger partial charge on any atom is -0.481 e. The van der Waals surface area contributed by atoms with Gasteiger partial charge in [0.15, 0.2) is 0 Å². The van der Waals surface area contributed by atoms with E-state index in [1.165, 1.54) is 0 Å². The van der Waals surface area contributed by atoms with Crippen LogP contribution in [0.4, 0.5) is 5.69 Å². The van der Waals surface area contributed by atoms with Crippen molar-refractivity contribution in [2.24, 2.45) is 5.92 Å². The number of benzene rings is 1. The van der Waals surface area contributed by atoms with Crippen molar-refractivity contribution >= 4 is 23.5 Å². The van der Waals surface area contributed by atoms with Gasteiger partial charge in [-0.25, -0.2) is 0 Å². The van der Waals surface area contributed by atoms with Crippen LogP contribution in [-0.4, -0.2) is 41.6 Å². The standard InChI is InChI=1S/C18H22N2O5/c21-15(22)11-18(7-9-25-10-8-18)20-17(24)13-3-5-14(6-4-13)19-16(23)12-1-2-12/h3-6,12H,1-2,7-11H2,(H,19,23)(H,20,24)(H,21,22). The Balaban J connectivity index is 1.64. The number of carbonyl (C=O) groups excluding carboxylic acids is 2. The number of ether oxygens (including phenoxy) is 1. The van der Waals surface area contributed by atoms with E-state index < -0.39 is 11.5 Å². The van der Waals surface area contributed by atoms with Crippen LogP contribution in [-0.2, 0) is 14.3 Å². The van der Waals surface area contributed by atoms with Crippen LogP contribution in [0.3, 0.4) is 0 Å². The minimum atomic E-state index is -0.944. The van der Waals surface area contributed by atoms with Gasteiger partial charge in [-0.1, -0.05) is 0 Å². The molecule has 1 saturated heterocycles. The first-order chi connectivity index (χ1) is 12.0. The third-order valence-corrected chi connectivity index (χ3v) is 4.68. The Morgan fingerprint density at radius 1 is 1.12 bits per heavy atom. The van der Waals surface area contributed by atoms with Crippen LogP contribution in [0.25, 0.3) is 0 Å². The lowest BCUT2D eigenvalue weighted by atomic mass is 9.86. The van der Waals surface area contributed by atoms with Crippen LogP contribution in [0, 0.1) is 5.92 Å². The van der Waals surface area contributed by atoms with E-state index in [1.807, 2.05) is 0 Å². The lowest BCUT2D eigenvalue weighted by Crippen LogP contribution is -2.53. The Kier molecular flexibility index (Phi) is 5.03. The van der Waals surface area contributed by atoms with E-state index in [0.717, 1.165) is 12.8 Å². The van der Waals surface area contributed by atoms with Crippen LogP contribution < -0.4 is 10.6 Å². The molecule has 7 heteroatoms. The monoisotopic (exact) mass is 346 g/mol. The van der Waals surface area contributed by atoms with E-state index >= 15 is 0 Å². The van der Waals surface area contributed by atoms with E-state index in [2.05, 4.69) is 10.6 Å². The fourth-order valence-electron chi connectivity index (χ4n) is 3.01. The fraction of sp³-hybridized carbons (Fsp3) is 0.500. The Hall–Kier alpha value is -2.41. The third-order valence-electron chi connectivity index (χ3n) is 4.68. The van der Waals surface area contributed by atoms with Gasteiger partial charge in [-0.2, -0.15) is 0 Å². The van der Waals surface area contributed by atoms with Gasteiger partial charge in [0, 0.05) is 30.4 Å². The largest absolute Gasteiger partial charge is 0.481 e. The summed E-state index contributed by atoms with van der Waals surface area (Å²) < 4.78 is 5.29. The van der Waals surface area contributed by atoms with Crippen molar-refractivity contribution in [2.75, 3.05) is 18.5 Å². The van der Waals surface area contributed by atoms with Crippen molar-refractivity contribution in [1.29, 1.82) is 0 Å². The molecule has 0 bridgehead atoms. The highest BCUT2D eigenvalue weighted by Gasteiger charge is 2.36. The van der Waals surface area contributed by atoms with E-state index in [9.17, 15) is 14.4 Å². The van der Waals surface area contributed by atoms with Crippen molar-refractivity contribution in [3.8, 4) is 0 Å². The summed E-state index contributed by atoms with van der Waals surface area (Å²) in [5.74, 6) is -1.13. The Labute approximate surface area is 145 Å². The number of carboxylic acids is 1. The molecule has 2 aliphatic rings. The average Bonchev–Trinajstić information content (AvgIpc) is 3.40. The second kappa shape index (κ2) is 7.23. The van der Waals surface area contributed by atoms with Crippen LogP contribution in [0.5, 0.6) is 0 Å². The van der Waals surface area contributed by atoms with Gasteiger partial charge in [0.25, 0.3) is 5.91 Å². The van der Waals surface area contributed by atoms with E-state index in [0.29, 0.717) is 37.3 Å². The molecule has 3 rings (SSSR count). The van der Waals surface area contributed by atoms with Gasteiger partial charge in [0.1, 0.15) is 0 Å². The Morgan fingerprint density at radius 2 is 1.76 bits per heavy atom. The number of carbonyl (C=O) groups is 3. The molecule has 2 amide bonds. The van der Waals surface area contributed by atoms with Crippen molar-refractivity contribution in [2.45, 2.75) is 37.6 Å². The molecule has 0 aromatic heterocycles. The summed E-state index contributed by atoms with van der Waals surface area (Å²) in [4.78, 5) is 35.4. The van der Waals surface area contributed by atoms with E-state index in [1.54, 1.807) is 24.3 Å². The molecule has 134 valence electrons. The average molecular weight is 346 g/mol. The summed E-state index contributed by atoms with van der Waals surface area (Å²) >= 11 is 0. The number of anilines is 1. The molecule has 1 aliphatic heterocycles.